The van der Waals surface area contributed by atoms with Gasteiger partial charge in [0.05, 0.1) is 6.54 Å². The van der Waals surface area contributed by atoms with Crippen LogP contribution in [0, 0.1) is 18.8 Å². The third-order valence-electron chi connectivity index (χ3n) is 3.87. The molecule has 2 atom stereocenters. The van der Waals surface area contributed by atoms with Crippen molar-refractivity contribution in [3.05, 3.63) is 34.9 Å². The van der Waals surface area contributed by atoms with E-state index in [0.717, 1.165) is 24.0 Å². The average Bonchev–Trinajstić information content (AvgIpc) is 2.94. The number of nitrogens with one attached hydrogen (secondary N) is 1. The van der Waals surface area contributed by atoms with Crippen molar-refractivity contribution in [1.29, 1.82) is 0 Å². The maximum atomic E-state index is 12.5. The van der Waals surface area contributed by atoms with Gasteiger partial charge in [0.1, 0.15) is 0 Å². The number of amides is 1. The Morgan fingerprint density at radius 3 is 2.95 bits per heavy atom. The van der Waals surface area contributed by atoms with Crippen LogP contribution in [0.1, 0.15) is 40.7 Å². The molecular weight excluding hydrogens is 280 g/mol. The van der Waals surface area contributed by atoms with Crippen LogP contribution < -0.4 is 11.1 Å². The Labute approximate surface area is 131 Å². The summed E-state index contributed by atoms with van der Waals surface area (Å²) in [6, 6.07) is 6.02. The topological polar surface area (TPSA) is 55.1 Å². The molecule has 0 heterocycles. The molecular formula is C17H22N2OS. The van der Waals surface area contributed by atoms with Gasteiger partial charge < -0.3 is 11.1 Å². The smallest absolute Gasteiger partial charge is 0.251 e. The molecule has 2 rings (SSSR count). The van der Waals surface area contributed by atoms with Gasteiger partial charge in [-0.05, 0) is 50.1 Å². The predicted octanol–water partition coefficient (Wildman–Crippen LogP) is 2.32. The molecule has 0 radical (unpaired) electrons. The van der Waals surface area contributed by atoms with Crippen molar-refractivity contribution in [3.8, 4) is 11.8 Å². The van der Waals surface area contributed by atoms with Crippen LogP contribution in [0.25, 0.3) is 0 Å². The van der Waals surface area contributed by atoms with E-state index < -0.39 is 0 Å². The molecule has 0 saturated heterocycles. The van der Waals surface area contributed by atoms with Crippen LogP contribution in [0.5, 0.6) is 0 Å². The van der Waals surface area contributed by atoms with Crippen LogP contribution in [0.15, 0.2) is 18.2 Å². The molecule has 3 nitrogen and oxygen atoms in total. The zero-order valence-corrected chi connectivity index (χ0v) is 13.4. The van der Waals surface area contributed by atoms with E-state index in [1.54, 1.807) is 0 Å². The number of carbonyl (C=O) groups is 1. The molecule has 21 heavy (non-hydrogen) atoms. The molecule has 1 aliphatic carbocycles. The van der Waals surface area contributed by atoms with Gasteiger partial charge in [-0.15, -0.1) is 0 Å². The van der Waals surface area contributed by atoms with Crippen molar-refractivity contribution in [2.75, 3.05) is 12.8 Å². The molecule has 1 aromatic rings. The first-order valence-electron chi connectivity index (χ1n) is 7.27. The molecule has 0 aliphatic heterocycles. The van der Waals surface area contributed by atoms with Gasteiger partial charge in [0, 0.05) is 22.4 Å². The lowest BCUT2D eigenvalue weighted by Gasteiger charge is -2.14. The molecule has 2 unspecified atom stereocenters. The van der Waals surface area contributed by atoms with Crippen molar-refractivity contribution < 1.29 is 4.79 Å². The minimum Gasteiger partial charge on any atom is -0.349 e. The van der Waals surface area contributed by atoms with E-state index in [1.807, 2.05) is 36.9 Å². The second-order valence-electron chi connectivity index (χ2n) is 5.38. The highest BCUT2D eigenvalue weighted by Crippen LogP contribution is 2.28. The summed E-state index contributed by atoms with van der Waals surface area (Å²) in [5.41, 5.74) is 7.91. The SMILES string of the molecule is CSC1CCC(NC(=O)c2cc(C#CCN)ccc2C)C1. The number of carbonyl (C=O) groups excluding carboxylic acids is 1. The second-order valence-corrected chi connectivity index (χ2v) is 6.51. The van der Waals surface area contributed by atoms with Gasteiger partial charge in [-0.3, -0.25) is 4.79 Å². The van der Waals surface area contributed by atoms with E-state index in [9.17, 15) is 4.79 Å². The van der Waals surface area contributed by atoms with Crippen molar-refractivity contribution in [2.45, 2.75) is 37.5 Å². The summed E-state index contributed by atoms with van der Waals surface area (Å²) >= 11 is 1.89. The highest BCUT2D eigenvalue weighted by atomic mass is 32.2. The van der Waals surface area contributed by atoms with Gasteiger partial charge in [0.25, 0.3) is 5.91 Å². The molecule has 3 N–H and O–H groups in total. The number of benzene rings is 1. The quantitative estimate of drug-likeness (QED) is 0.843. The summed E-state index contributed by atoms with van der Waals surface area (Å²) in [6.45, 7) is 2.28. The Hall–Kier alpha value is -1.44. The molecule has 1 aromatic carbocycles. The van der Waals surface area contributed by atoms with Crippen molar-refractivity contribution >= 4 is 17.7 Å². The zero-order chi connectivity index (χ0) is 15.2. The second kappa shape index (κ2) is 7.53. The first-order chi connectivity index (χ1) is 10.1. The number of aryl methyl sites for hydroxylation is 1. The fraction of sp³-hybridized carbons (Fsp3) is 0.471. The fourth-order valence-electron chi connectivity index (χ4n) is 2.65. The first-order valence-corrected chi connectivity index (χ1v) is 8.56. The lowest BCUT2D eigenvalue weighted by molar-refractivity contribution is 0.0937. The number of thioether (sulfide) groups is 1. The molecule has 1 saturated carbocycles. The van der Waals surface area contributed by atoms with E-state index in [1.165, 1.54) is 6.42 Å². The highest BCUT2D eigenvalue weighted by Gasteiger charge is 2.25. The van der Waals surface area contributed by atoms with Gasteiger partial charge in [0.15, 0.2) is 0 Å². The fourth-order valence-corrected chi connectivity index (χ4v) is 3.44. The van der Waals surface area contributed by atoms with Gasteiger partial charge in [-0.2, -0.15) is 11.8 Å². The van der Waals surface area contributed by atoms with E-state index in [2.05, 4.69) is 23.4 Å². The Morgan fingerprint density at radius 1 is 1.48 bits per heavy atom. The maximum Gasteiger partial charge on any atom is 0.251 e. The Balaban J connectivity index is 2.08. The third-order valence-corrected chi connectivity index (χ3v) is 4.96. The summed E-state index contributed by atoms with van der Waals surface area (Å²) in [5.74, 6) is 5.81. The van der Waals surface area contributed by atoms with Crippen molar-refractivity contribution in [2.24, 2.45) is 5.73 Å². The number of rotatable bonds is 3. The van der Waals surface area contributed by atoms with Gasteiger partial charge >= 0.3 is 0 Å². The monoisotopic (exact) mass is 302 g/mol. The van der Waals surface area contributed by atoms with E-state index in [-0.39, 0.29) is 5.91 Å². The maximum absolute atomic E-state index is 12.5. The normalized spacial score (nSPS) is 20.7. The van der Waals surface area contributed by atoms with Crippen molar-refractivity contribution in [3.63, 3.8) is 0 Å². The minimum absolute atomic E-state index is 0.00986. The highest BCUT2D eigenvalue weighted by molar-refractivity contribution is 7.99. The molecule has 0 spiro atoms. The molecule has 1 aliphatic rings. The van der Waals surface area contributed by atoms with E-state index in [4.69, 9.17) is 5.73 Å². The largest absolute Gasteiger partial charge is 0.349 e. The van der Waals surface area contributed by atoms with Crippen LogP contribution in [-0.4, -0.2) is 30.0 Å². The Bertz CT molecular complexity index is 574. The molecule has 0 aromatic heterocycles. The van der Waals surface area contributed by atoms with Crippen molar-refractivity contribution in [1.82, 2.24) is 5.32 Å². The van der Waals surface area contributed by atoms with Crippen LogP contribution in [0.2, 0.25) is 0 Å². The van der Waals surface area contributed by atoms with Gasteiger partial charge in [-0.1, -0.05) is 17.9 Å². The molecule has 112 valence electrons. The Kier molecular flexibility index (Phi) is 5.72. The minimum atomic E-state index is 0.00986. The number of hydrogen-bond acceptors (Lipinski definition) is 3. The van der Waals surface area contributed by atoms with Gasteiger partial charge in [0.2, 0.25) is 0 Å². The van der Waals surface area contributed by atoms with Crippen LogP contribution in [-0.2, 0) is 0 Å². The standard InChI is InChI=1S/C17H22N2OS/c1-12-5-6-13(4-3-9-18)10-16(12)17(20)19-14-7-8-15(11-14)21-2/h5-6,10,14-15H,7-9,11,18H2,1-2H3,(H,19,20). The van der Waals surface area contributed by atoms with E-state index >= 15 is 0 Å². The Morgan fingerprint density at radius 2 is 2.29 bits per heavy atom. The van der Waals surface area contributed by atoms with Crippen LogP contribution in [0.4, 0.5) is 0 Å². The number of nitrogens with two attached hydrogens (primary N) is 1. The number of hydrogen-bond donors (Lipinski definition) is 2. The van der Waals surface area contributed by atoms with E-state index in [0.29, 0.717) is 23.4 Å². The third kappa shape index (κ3) is 4.26. The molecule has 1 amide bonds. The lowest BCUT2D eigenvalue weighted by Crippen LogP contribution is -2.33. The summed E-state index contributed by atoms with van der Waals surface area (Å²) in [7, 11) is 0. The summed E-state index contributed by atoms with van der Waals surface area (Å²) < 4.78 is 0. The molecule has 0 bridgehead atoms. The lowest BCUT2D eigenvalue weighted by atomic mass is 10.0. The molecule has 4 heteroatoms. The van der Waals surface area contributed by atoms with Crippen LogP contribution >= 0.6 is 11.8 Å². The summed E-state index contributed by atoms with van der Waals surface area (Å²) in [6.07, 6.45) is 5.47. The summed E-state index contributed by atoms with van der Waals surface area (Å²) in [4.78, 5) is 12.5. The first kappa shape index (κ1) is 15.9. The zero-order valence-electron chi connectivity index (χ0n) is 12.6. The predicted molar refractivity (Wildman–Crippen MR) is 89.5 cm³/mol. The summed E-state index contributed by atoms with van der Waals surface area (Å²) in [5, 5.41) is 3.84. The average molecular weight is 302 g/mol. The molecule has 1 fully saturated rings. The van der Waals surface area contributed by atoms with Gasteiger partial charge in [-0.25, -0.2) is 0 Å². The van der Waals surface area contributed by atoms with Crippen LogP contribution in [0.3, 0.4) is 0 Å².